The highest BCUT2D eigenvalue weighted by molar-refractivity contribution is 6.21. The molecular formula is C16H13N7O3. The van der Waals surface area contributed by atoms with Crippen LogP contribution in [0.2, 0.25) is 0 Å². The Morgan fingerprint density at radius 1 is 1.19 bits per heavy atom. The quantitative estimate of drug-likeness (QED) is 0.548. The van der Waals surface area contributed by atoms with E-state index in [-0.39, 0.29) is 17.8 Å². The van der Waals surface area contributed by atoms with Gasteiger partial charge in [0.25, 0.3) is 17.8 Å². The van der Waals surface area contributed by atoms with E-state index in [9.17, 15) is 9.59 Å². The zero-order chi connectivity index (χ0) is 18.3. The Hall–Kier alpha value is -3.82. The summed E-state index contributed by atoms with van der Waals surface area (Å²) < 4.78 is 5.70. The first-order chi connectivity index (χ1) is 12.6. The number of amides is 2. The number of hydrogen-bond donors (Lipinski definition) is 1. The van der Waals surface area contributed by atoms with Gasteiger partial charge in [0.1, 0.15) is 11.5 Å². The third-order valence-electron chi connectivity index (χ3n) is 3.97. The topological polar surface area (TPSA) is 132 Å². The second kappa shape index (κ2) is 5.92. The summed E-state index contributed by atoms with van der Waals surface area (Å²) in [6.45, 7) is 2.10. The zero-order valence-electron chi connectivity index (χ0n) is 13.7. The Kier molecular flexibility index (Phi) is 3.57. The van der Waals surface area contributed by atoms with Crippen molar-refractivity contribution in [1.29, 1.82) is 0 Å². The van der Waals surface area contributed by atoms with Crippen LogP contribution in [-0.2, 0) is 0 Å². The fourth-order valence-corrected chi connectivity index (χ4v) is 2.69. The standard InChI is InChI=1S/C16H13N7O3/c1-2-22-14(24)11-5-3-9(7-12(11)15(22)25)13-6-4-10(26-13)8-18-23-16(17)19-20-21-23/h3-8H,2H2,1H3,(H2,17,19,21)/b18-8+. The predicted octanol–water partition coefficient (Wildman–Crippen LogP) is 1.01. The number of hydrogen-bond acceptors (Lipinski definition) is 8. The van der Waals surface area contributed by atoms with E-state index in [1.54, 1.807) is 37.3 Å². The third kappa shape index (κ3) is 2.44. The largest absolute Gasteiger partial charge is 0.455 e. The van der Waals surface area contributed by atoms with Gasteiger partial charge in [-0.25, -0.2) is 0 Å². The van der Waals surface area contributed by atoms with E-state index in [2.05, 4.69) is 20.6 Å². The molecule has 0 aliphatic carbocycles. The molecule has 26 heavy (non-hydrogen) atoms. The van der Waals surface area contributed by atoms with E-state index in [0.717, 1.165) is 4.79 Å². The lowest BCUT2D eigenvalue weighted by molar-refractivity contribution is 0.0663. The normalized spacial score (nSPS) is 13.8. The SMILES string of the molecule is CCN1C(=O)c2ccc(-c3ccc(/C=N/n4nnnc4N)o3)cc2C1=O. The molecule has 0 saturated carbocycles. The van der Waals surface area contributed by atoms with Crippen LogP contribution >= 0.6 is 0 Å². The minimum Gasteiger partial charge on any atom is -0.455 e. The average Bonchev–Trinajstić information content (AvgIpc) is 3.33. The van der Waals surface area contributed by atoms with Gasteiger partial charge in [-0.15, -0.1) is 0 Å². The Bertz CT molecular complexity index is 1050. The van der Waals surface area contributed by atoms with Crippen LogP contribution in [0.4, 0.5) is 5.95 Å². The van der Waals surface area contributed by atoms with Crippen LogP contribution in [0, 0.1) is 0 Å². The van der Waals surface area contributed by atoms with Gasteiger partial charge in [-0.2, -0.15) is 5.10 Å². The number of nitrogen functional groups attached to an aromatic ring is 1. The van der Waals surface area contributed by atoms with E-state index in [0.29, 0.717) is 34.8 Å². The lowest BCUT2D eigenvalue weighted by Crippen LogP contribution is -2.29. The molecule has 4 rings (SSSR count). The Balaban J connectivity index is 1.62. The fraction of sp³-hybridized carbons (Fsp3) is 0.125. The number of benzene rings is 1. The van der Waals surface area contributed by atoms with Crippen molar-refractivity contribution < 1.29 is 14.0 Å². The molecule has 3 aromatic rings. The molecule has 0 fully saturated rings. The Morgan fingerprint density at radius 3 is 2.73 bits per heavy atom. The summed E-state index contributed by atoms with van der Waals surface area (Å²) in [7, 11) is 0. The molecule has 1 aromatic carbocycles. The van der Waals surface area contributed by atoms with Gasteiger partial charge >= 0.3 is 0 Å². The molecule has 1 aliphatic heterocycles. The Labute approximate surface area is 146 Å². The first-order valence-corrected chi connectivity index (χ1v) is 7.77. The van der Waals surface area contributed by atoms with Crippen LogP contribution in [-0.4, -0.2) is 49.8 Å². The van der Waals surface area contributed by atoms with Gasteiger partial charge in [0, 0.05) is 12.1 Å². The van der Waals surface area contributed by atoms with Crippen molar-refractivity contribution >= 4 is 24.0 Å². The molecule has 0 atom stereocenters. The highest BCUT2D eigenvalue weighted by atomic mass is 16.3. The van der Waals surface area contributed by atoms with Crippen LogP contribution in [0.25, 0.3) is 11.3 Å². The predicted molar refractivity (Wildman–Crippen MR) is 90.4 cm³/mol. The van der Waals surface area contributed by atoms with Gasteiger partial charge in [0.2, 0.25) is 0 Å². The second-order valence-corrected chi connectivity index (χ2v) is 5.49. The number of rotatable bonds is 4. The van der Waals surface area contributed by atoms with Gasteiger partial charge in [-0.1, -0.05) is 16.0 Å². The molecule has 2 N–H and O–H groups in total. The maximum Gasteiger partial charge on any atom is 0.263 e. The molecule has 10 nitrogen and oxygen atoms in total. The van der Waals surface area contributed by atoms with Crippen molar-refractivity contribution in [2.24, 2.45) is 5.10 Å². The van der Waals surface area contributed by atoms with E-state index in [4.69, 9.17) is 10.2 Å². The van der Waals surface area contributed by atoms with Gasteiger partial charge in [0.15, 0.2) is 0 Å². The molecule has 10 heteroatoms. The van der Waals surface area contributed by atoms with Gasteiger partial charge < -0.3 is 10.2 Å². The molecule has 0 spiro atoms. The molecule has 1 aliphatic rings. The van der Waals surface area contributed by atoms with Crippen molar-refractivity contribution in [2.75, 3.05) is 12.3 Å². The van der Waals surface area contributed by atoms with Crippen LogP contribution < -0.4 is 5.73 Å². The van der Waals surface area contributed by atoms with E-state index in [1.165, 1.54) is 11.1 Å². The van der Waals surface area contributed by atoms with Crippen molar-refractivity contribution in [2.45, 2.75) is 6.92 Å². The summed E-state index contributed by atoms with van der Waals surface area (Å²) in [5, 5.41) is 14.4. The maximum absolute atomic E-state index is 12.3. The highest BCUT2D eigenvalue weighted by Crippen LogP contribution is 2.29. The highest BCUT2D eigenvalue weighted by Gasteiger charge is 2.34. The van der Waals surface area contributed by atoms with Gasteiger partial charge in [-0.05, 0) is 41.6 Å². The maximum atomic E-state index is 12.3. The molecule has 2 amide bonds. The summed E-state index contributed by atoms with van der Waals surface area (Å²) in [5.41, 5.74) is 6.99. The number of fused-ring (bicyclic) bond motifs is 1. The number of imide groups is 1. The number of aromatic nitrogens is 4. The number of nitrogens with two attached hydrogens (primary N) is 1. The third-order valence-corrected chi connectivity index (χ3v) is 3.97. The lowest BCUT2D eigenvalue weighted by atomic mass is 10.0. The zero-order valence-corrected chi connectivity index (χ0v) is 13.7. The van der Waals surface area contributed by atoms with Gasteiger partial charge in [-0.3, -0.25) is 14.5 Å². The molecule has 0 bridgehead atoms. The smallest absolute Gasteiger partial charge is 0.263 e. The fourth-order valence-electron chi connectivity index (χ4n) is 2.69. The van der Waals surface area contributed by atoms with Crippen LogP contribution in [0.15, 0.2) is 39.9 Å². The molecule has 0 radical (unpaired) electrons. The van der Waals surface area contributed by atoms with Gasteiger partial charge in [0.05, 0.1) is 17.3 Å². The van der Waals surface area contributed by atoms with Crippen LogP contribution in [0.5, 0.6) is 0 Å². The van der Waals surface area contributed by atoms with Crippen molar-refractivity contribution in [3.05, 3.63) is 47.2 Å². The lowest BCUT2D eigenvalue weighted by Gasteiger charge is -2.08. The second-order valence-electron chi connectivity index (χ2n) is 5.49. The summed E-state index contributed by atoms with van der Waals surface area (Å²) in [6.07, 6.45) is 1.41. The molecule has 2 aromatic heterocycles. The van der Waals surface area contributed by atoms with E-state index in [1.807, 2.05) is 0 Å². The van der Waals surface area contributed by atoms with Crippen LogP contribution in [0.1, 0.15) is 33.4 Å². The number of carbonyl (C=O) groups is 2. The average molecular weight is 351 g/mol. The Morgan fingerprint density at radius 2 is 2.00 bits per heavy atom. The number of carbonyl (C=O) groups excluding carboxylic acids is 2. The number of anilines is 1. The van der Waals surface area contributed by atoms with Crippen molar-refractivity contribution in [3.63, 3.8) is 0 Å². The van der Waals surface area contributed by atoms with Crippen molar-refractivity contribution in [1.82, 2.24) is 25.2 Å². The molecule has 3 heterocycles. The van der Waals surface area contributed by atoms with E-state index >= 15 is 0 Å². The van der Waals surface area contributed by atoms with E-state index < -0.39 is 0 Å². The number of nitrogens with zero attached hydrogens (tertiary/aromatic N) is 6. The summed E-state index contributed by atoms with van der Waals surface area (Å²) in [5.74, 6) is 0.472. The minimum absolute atomic E-state index is 0.0512. The molecule has 130 valence electrons. The summed E-state index contributed by atoms with van der Waals surface area (Å²) >= 11 is 0. The number of furan rings is 1. The summed E-state index contributed by atoms with van der Waals surface area (Å²) in [4.78, 5) is 26.7. The molecule has 0 unspecified atom stereocenters. The van der Waals surface area contributed by atoms with Crippen LogP contribution in [0.3, 0.4) is 0 Å². The molecular weight excluding hydrogens is 338 g/mol. The number of tetrazole rings is 1. The first kappa shape index (κ1) is 15.7. The summed E-state index contributed by atoms with van der Waals surface area (Å²) in [6, 6.07) is 8.48. The molecule has 0 saturated heterocycles. The first-order valence-electron chi connectivity index (χ1n) is 7.77. The van der Waals surface area contributed by atoms with Crippen molar-refractivity contribution in [3.8, 4) is 11.3 Å². The minimum atomic E-state index is -0.295. The monoisotopic (exact) mass is 351 g/mol.